The van der Waals surface area contributed by atoms with Crippen molar-refractivity contribution in [1.82, 2.24) is 30.0 Å². The summed E-state index contributed by atoms with van der Waals surface area (Å²) in [5.41, 5.74) is 3.12. The Hall–Kier alpha value is -3.07. The first-order valence-electron chi connectivity index (χ1n) is 8.74. The van der Waals surface area contributed by atoms with Crippen LogP contribution in [0.3, 0.4) is 0 Å². The maximum absolute atomic E-state index is 12.9. The van der Waals surface area contributed by atoms with E-state index in [9.17, 15) is 4.79 Å². The average Bonchev–Trinajstić information content (AvgIpc) is 3.34. The van der Waals surface area contributed by atoms with Crippen LogP contribution in [-0.2, 0) is 0 Å². The van der Waals surface area contributed by atoms with E-state index >= 15 is 0 Å². The van der Waals surface area contributed by atoms with Gasteiger partial charge >= 0.3 is 0 Å². The van der Waals surface area contributed by atoms with E-state index in [0.717, 1.165) is 40.2 Å². The molecule has 5 rings (SSSR count). The van der Waals surface area contributed by atoms with E-state index in [4.69, 9.17) is 0 Å². The third-order valence-corrected chi connectivity index (χ3v) is 5.84. The first kappa shape index (κ1) is 16.1. The molecule has 5 heterocycles. The van der Waals surface area contributed by atoms with Crippen LogP contribution in [0.5, 0.6) is 0 Å². The molecule has 0 unspecified atom stereocenters. The van der Waals surface area contributed by atoms with Crippen LogP contribution in [0.15, 0.2) is 30.0 Å². The predicted octanol–water partition coefficient (Wildman–Crippen LogP) is 2.23. The van der Waals surface area contributed by atoms with E-state index in [0.29, 0.717) is 24.3 Å². The highest BCUT2D eigenvalue weighted by atomic mass is 32.1. The molecule has 0 saturated carbocycles. The van der Waals surface area contributed by atoms with Gasteiger partial charge in [-0.25, -0.2) is 15.0 Å². The number of aromatic nitrogens is 5. The van der Waals surface area contributed by atoms with Crippen molar-refractivity contribution < 1.29 is 4.79 Å². The van der Waals surface area contributed by atoms with E-state index in [1.54, 1.807) is 23.9 Å². The summed E-state index contributed by atoms with van der Waals surface area (Å²) >= 11 is 1.65. The number of aromatic amines is 1. The van der Waals surface area contributed by atoms with Crippen molar-refractivity contribution in [3.8, 4) is 0 Å². The monoisotopic (exact) mass is 379 g/mol. The number of piperazine rings is 1. The molecule has 0 aromatic carbocycles. The molecule has 9 heteroatoms. The molecule has 0 bridgehead atoms. The van der Waals surface area contributed by atoms with Gasteiger partial charge in [0.25, 0.3) is 5.91 Å². The minimum Gasteiger partial charge on any atom is -0.352 e. The molecule has 8 nitrogen and oxygen atoms in total. The van der Waals surface area contributed by atoms with Gasteiger partial charge in [-0.05, 0) is 24.4 Å². The van der Waals surface area contributed by atoms with Gasteiger partial charge < -0.3 is 9.80 Å². The van der Waals surface area contributed by atoms with Gasteiger partial charge in [-0.2, -0.15) is 5.10 Å². The highest BCUT2D eigenvalue weighted by molar-refractivity contribution is 7.17. The molecule has 1 saturated heterocycles. The smallest absolute Gasteiger partial charge is 0.255 e. The molecule has 1 N–H and O–H groups in total. The number of rotatable bonds is 2. The second-order valence-electron chi connectivity index (χ2n) is 6.56. The maximum Gasteiger partial charge on any atom is 0.255 e. The quantitative estimate of drug-likeness (QED) is 0.574. The van der Waals surface area contributed by atoms with E-state index < -0.39 is 0 Å². The molecule has 27 heavy (non-hydrogen) atoms. The van der Waals surface area contributed by atoms with Gasteiger partial charge in [0.05, 0.1) is 15.8 Å². The summed E-state index contributed by atoms with van der Waals surface area (Å²) in [6, 6.07) is 3.88. The van der Waals surface area contributed by atoms with Gasteiger partial charge in [0.1, 0.15) is 12.1 Å². The van der Waals surface area contributed by atoms with Crippen molar-refractivity contribution in [2.24, 2.45) is 0 Å². The third-order valence-electron chi connectivity index (χ3n) is 4.94. The first-order chi connectivity index (χ1) is 13.2. The Balaban J connectivity index is 1.34. The van der Waals surface area contributed by atoms with Crippen molar-refractivity contribution >= 4 is 44.3 Å². The molecule has 1 amide bonds. The van der Waals surface area contributed by atoms with Gasteiger partial charge in [0.15, 0.2) is 5.65 Å². The molecular formula is C18H17N7OS. The maximum atomic E-state index is 12.9. The van der Waals surface area contributed by atoms with Crippen LogP contribution in [0.1, 0.15) is 16.1 Å². The minimum atomic E-state index is 0.00797. The summed E-state index contributed by atoms with van der Waals surface area (Å²) < 4.78 is 1.10. The van der Waals surface area contributed by atoms with Gasteiger partial charge in [0, 0.05) is 43.5 Å². The zero-order chi connectivity index (χ0) is 18.4. The van der Waals surface area contributed by atoms with Crippen molar-refractivity contribution in [3.05, 3.63) is 41.3 Å². The lowest BCUT2D eigenvalue weighted by Crippen LogP contribution is -2.49. The standard InChI is InChI=1S/C18H17N7OS/c1-11-13-8-12(9-19-16(13)23-22-11)18(26)25-5-3-24(4-6-25)17-15-14(2-7-27-15)20-10-21-17/h2,7-10H,3-6H2,1H3,(H,19,22,23). The Kier molecular flexibility index (Phi) is 3.75. The summed E-state index contributed by atoms with van der Waals surface area (Å²) in [6.07, 6.45) is 3.22. The van der Waals surface area contributed by atoms with E-state index in [1.807, 2.05) is 29.3 Å². The second-order valence-corrected chi connectivity index (χ2v) is 7.47. The number of aryl methyl sites for hydroxylation is 1. The highest BCUT2D eigenvalue weighted by Gasteiger charge is 2.25. The van der Waals surface area contributed by atoms with E-state index in [2.05, 4.69) is 30.0 Å². The molecule has 1 fully saturated rings. The Morgan fingerprint density at radius 1 is 1.19 bits per heavy atom. The van der Waals surface area contributed by atoms with Gasteiger partial charge in [-0.1, -0.05) is 0 Å². The Morgan fingerprint density at radius 3 is 2.89 bits per heavy atom. The number of hydrogen-bond acceptors (Lipinski definition) is 7. The number of carbonyl (C=O) groups excluding carboxylic acids is 1. The normalized spacial score (nSPS) is 15.0. The molecule has 4 aromatic rings. The van der Waals surface area contributed by atoms with Gasteiger partial charge in [0.2, 0.25) is 0 Å². The molecule has 0 atom stereocenters. The number of H-pyrrole nitrogens is 1. The van der Waals surface area contributed by atoms with Crippen molar-refractivity contribution in [2.75, 3.05) is 31.1 Å². The number of fused-ring (bicyclic) bond motifs is 2. The van der Waals surface area contributed by atoms with Crippen molar-refractivity contribution in [3.63, 3.8) is 0 Å². The summed E-state index contributed by atoms with van der Waals surface area (Å²) in [5, 5.41) is 9.94. The minimum absolute atomic E-state index is 0.00797. The number of anilines is 1. The van der Waals surface area contributed by atoms with Gasteiger partial charge in [-0.3, -0.25) is 9.89 Å². The Labute approximate surface area is 158 Å². The molecular weight excluding hydrogens is 362 g/mol. The summed E-state index contributed by atoms with van der Waals surface area (Å²) in [5.74, 6) is 0.966. The summed E-state index contributed by atoms with van der Waals surface area (Å²) in [4.78, 5) is 30.1. The van der Waals surface area contributed by atoms with Crippen LogP contribution in [0, 0.1) is 6.92 Å². The average molecular weight is 379 g/mol. The molecule has 0 radical (unpaired) electrons. The summed E-state index contributed by atoms with van der Waals surface area (Å²) in [7, 11) is 0. The third kappa shape index (κ3) is 2.71. The van der Waals surface area contributed by atoms with E-state index in [1.165, 1.54) is 0 Å². The molecule has 1 aliphatic rings. The van der Waals surface area contributed by atoms with Crippen molar-refractivity contribution in [1.29, 1.82) is 0 Å². The largest absolute Gasteiger partial charge is 0.352 e. The number of amides is 1. The number of nitrogens with zero attached hydrogens (tertiary/aromatic N) is 6. The van der Waals surface area contributed by atoms with Crippen molar-refractivity contribution in [2.45, 2.75) is 6.92 Å². The SMILES string of the molecule is Cc1[nH]nc2ncc(C(=O)N3CCN(c4ncnc5ccsc45)CC3)cc12. The number of hydrogen-bond donors (Lipinski definition) is 1. The highest BCUT2D eigenvalue weighted by Crippen LogP contribution is 2.28. The van der Waals surface area contributed by atoms with E-state index in [-0.39, 0.29) is 5.91 Å². The Morgan fingerprint density at radius 2 is 2.04 bits per heavy atom. The molecule has 0 spiro atoms. The predicted molar refractivity (Wildman–Crippen MR) is 104 cm³/mol. The zero-order valence-electron chi connectivity index (χ0n) is 14.7. The lowest BCUT2D eigenvalue weighted by Gasteiger charge is -2.35. The van der Waals surface area contributed by atoms with Crippen LogP contribution in [0.4, 0.5) is 5.82 Å². The fourth-order valence-corrected chi connectivity index (χ4v) is 4.30. The van der Waals surface area contributed by atoms with Crippen LogP contribution in [0.25, 0.3) is 21.3 Å². The number of pyridine rings is 1. The number of nitrogens with one attached hydrogen (secondary N) is 1. The first-order valence-corrected chi connectivity index (χ1v) is 9.62. The van der Waals surface area contributed by atoms with Crippen LogP contribution in [0.2, 0.25) is 0 Å². The molecule has 4 aromatic heterocycles. The summed E-state index contributed by atoms with van der Waals surface area (Å²) in [6.45, 7) is 4.72. The fourth-order valence-electron chi connectivity index (χ4n) is 3.44. The fraction of sp³-hybridized carbons (Fsp3) is 0.278. The van der Waals surface area contributed by atoms with Crippen LogP contribution < -0.4 is 4.90 Å². The number of thiophene rings is 1. The van der Waals surface area contributed by atoms with Gasteiger partial charge in [-0.15, -0.1) is 11.3 Å². The number of carbonyl (C=O) groups is 1. The molecule has 136 valence electrons. The molecule has 0 aliphatic carbocycles. The van der Waals surface area contributed by atoms with Crippen LogP contribution >= 0.6 is 11.3 Å². The lowest BCUT2D eigenvalue weighted by molar-refractivity contribution is 0.0746. The molecule has 1 aliphatic heterocycles. The van der Waals surface area contributed by atoms with Crippen LogP contribution in [-0.4, -0.2) is 62.1 Å². The lowest BCUT2D eigenvalue weighted by atomic mass is 10.1. The second kappa shape index (κ2) is 6.27. The zero-order valence-corrected chi connectivity index (χ0v) is 15.5. The topological polar surface area (TPSA) is 90.9 Å². The Bertz CT molecular complexity index is 1140.